The molecule has 2 aromatic carbocycles. The molecule has 2 aromatic rings. The minimum Gasteiger partial charge on any atom is -0.269 e. The normalized spacial score (nSPS) is 14.5. The van der Waals surface area contributed by atoms with Crippen molar-refractivity contribution in [3.63, 3.8) is 0 Å². The standard InChI is InChI=1S/C17H12FNO2/c18-11-12-5-4-8-14(9-12)19-16(20)10-15(17(19)21)13-6-2-1-3-7-13/h1-10H,11H2. The third kappa shape index (κ3) is 2.36. The number of hydrogen-bond acceptors (Lipinski definition) is 2. The third-order valence-electron chi connectivity index (χ3n) is 3.33. The molecule has 0 aromatic heterocycles. The Hall–Kier alpha value is -2.75. The van der Waals surface area contributed by atoms with Crippen molar-refractivity contribution in [2.45, 2.75) is 6.67 Å². The molecule has 0 saturated heterocycles. The van der Waals surface area contributed by atoms with Gasteiger partial charge in [0.1, 0.15) is 6.67 Å². The Kier molecular flexibility index (Phi) is 3.36. The average Bonchev–Trinajstić information content (AvgIpc) is 2.83. The van der Waals surface area contributed by atoms with Crippen molar-refractivity contribution < 1.29 is 14.0 Å². The number of alkyl halides is 1. The Morgan fingerprint density at radius 1 is 0.952 bits per heavy atom. The fourth-order valence-electron chi connectivity index (χ4n) is 2.32. The van der Waals surface area contributed by atoms with E-state index in [0.717, 1.165) is 4.90 Å². The minimum atomic E-state index is -0.636. The molecule has 0 unspecified atom stereocenters. The van der Waals surface area contributed by atoms with Gasteiger partial charge in [-0.2, -0.15) is 0 Å². The molecular weight excluding hydrogens is 269 g/mol. The maximum atomic E-state index is 12.7. The van der Waals surface area contributed by atoms with Gasteiger partial charge >= 0.3 is 0 Å². The lowest BCUT2D eigenvalue weighted by Gasteiger charge is -2.15. The lowest BCUT2D eigenvalue weighted by molar-refractivity contribution is -0.119. The summed E-state index contributed by atoms with van der Waals surface area (Å²) in [5, 5.41) is 0. The highest BCUT2D eigenvalue weighted by molar-refractivity contribution is 6.43. The zero-order chi connectivity index (χ0) is 14.8. The minimum absolute atomic E-state index is 0.353. The van der Waals surface area contributed by atoms with Crippen molar-refractivity contribution in [2.75, 3.05) is 4.90 Å². The predicted octanol–water partition coefficient (Wildman–Crippen LogP) is 3.11. The first-order valence-electron chi connectivity index (χ1n) is 6.51. The highest BCUT2D eigenvalue weighted by Gasteiger charge is 2.32. The quantitative estimate of drug-likeness (QED) is 0.811. The molecule has 21 heavy (non-hydrogen) atoms. The first kappa shape index (κ1) is 13.2. The maximum Gasteiger partial charge on any atom is 0.266 e. The van der Waals surface area contributed by atoms with Gasteiger partial charge in [0.25, 0.3) is 11.8 Å². The maximum absolute atomic E-state index is 12.7. The summed E-state index contributed by atoms with van der Waals surface area (Å²) in [6, 6.07) is 15.4. The van der Waals surface area contributed by atoms with E-state index in [-0.39, 0.29) is 5.91 Å². The summed E-state index contributed by atoms with van der Waals surface area (Å²) in [6.45, 7) is -0.636. The molecule has 0 spiro atoms. The molecule has 0 N–H and O–H groups in total. The number of amides is 2. The molecule has 4 heteroatoms. The van der Waals surface area contributed by atoms with Crippen LogP contribution in [-0.2, 0) is 16.3 Å². The lowest BCUT2D eigenvalue weighted by atomic mass is 10.1. The molecule has 0 radical (unpaired) electrons. The molecule has 0 bridgehead atoms. The van der Waals surface area contributed by atoms with Gasteiger partial charge in [0.2, 0.25) is 0 Å². The Morgan fingerprint density at radius 3 is 2.43 bits per heavy atom. The molecule has 0 fully saturated rings. The number of imide groups is 1. The van der Waals surface area contributed by atoms with Crippen LogP contribution in [0.1, 0.15) is 11.1 Å². The summed E-state index contributed by atoms with van der Waals surface area (Å²) >= 11 is 0. The zero-order valence-electron chi connectivity index (χ0n) is 11.1. The second-order valence-electron chi connectivity index (χ2n) is 4.71. The van der Waals surface area contributed by atoms with Crippen molar-refractivity contribution in [1.29, 1.82) is 0 Å². The van der Waals surface area contributed by atoms with Crippen LogP contribution in [0.4, 0.5) is 10.1 Å². The van der Waals surface area contributed by atoms with Crippen molar-refractivity contribution in [3.05, 3.63) is 71.8 Å². The van der Waals surface area contributed by atoms with E-state index in [0.29, 0.717) is 22.4 Å². The van der Waals surface area contributed by atoms with Gasteiger partial charge in [-0.1, -0.05) is 42.5 Å². The summed E-state index contributed by atoms with van der Waals surface area (Å²) in [6.07, 6.45) is 1.32. The second-order valence-corrected chi connectivity index (χ2v) is 4.71. The smallest absolute Gasteiger partial charge is 0.266 e. The Labute approximate surface area is 121 Å². The average molecular weight is 281 g/mol. The molecule has 1 aliphatic heterocycles. The van der Waals surface area contributed by atoms with Crippen molar-refractivity contribution in [1.82, 2.24) is 0 Å². The molecule has 2 amide bonds. The fourth-order valence-corrected chi connectivity index (χ4v) is 2.32. The van der Waals surface area contributed by atoms with E-state index in [1.807, 2.05) is 6.07 Å². The molecule has 0 aliphatic carbocycles. The molecule has 0 saturated carbocycles. The molecule has 104 valence electrons. The number of rotatable bonds is 3. The number of carbonyl (C=O) groups excluding carboxylic acids is 2. The van der Waals surface area contributed by atoms with Crippen LogP contribution in [0.2, 0.25) is 0 Å². The number of benzene rings is 2. The van der Waals surface area contributed by atoms with E-state index in [2.05, 4.69) is 0 Å². The summed E-state index contributed by atoms with van der Waals surface area (Å²) in [7, 11) is 0. The lowest BCUT2D eigenvalue weighted by Crippen LogP contribution is -2.30. The zero-order valence-corrected chi connectivity index (χ0v) is 11.1. The van der Waals surface area contributed by atoms with Crippen molar-refractivity contribution >= 4 is 23.1 Å². The number of halogens is 1. The predicted molar refractivity (Wildman–Crippen MR) is 78.2 cm³/mol. The highest BCUT2D eigenvalue weighted by Crippen LogP contribution is 2.28. The topological polar surface area (TPSA) is 37.4 Å². The molecular formula is C17H12FNO2. The van der Waals surface area contributed by atoms with Gasteiger partial charge in [0.15, 0.2) is 0 Å². The number of carbonyl (C=O) groups is 2. The summed E-state index contributed by atoms with van der Waals surface area (Å²) < 4.78 is 12.7. The van der Waals surface area contributed by atoms with Gasteiger partial charge in [0, 0.05) is 6.08 Å². The Bertz CT molecular complexity index is 737. The van der Waals surface area contributed by atoms with Gasteiger partial charge in [-0.25, -0.2) is 9.29 Å². The second kappa shape index (κ2) is 5.32. The number of nitrogens with zero attached hydrogens (tertiary/aromatic N) is 1. The molecule has 1 aliphatic rings. The first-order chi connectivity index (χ1) is 10.2. The van der Waals surface area contributed by atoms with Gasteiger partial charge in [-0.05, 0) is 23.3 Å². The van der Waals surface area contributed by atoms with E-state index in [1.165, 1.54) is 12.1 Å². The van der Waals surface area contributed by atoms with Crippen LogP contribution in [0.3, 0.4) is 0 Å². The monoisotopic (exact) mass is 281 g/mol. The highest BCUT2D eigenvalue weighted by atomic mass is 19.1. The molecule has 3 rings (SSSR count). The molecule has 0 atom stereocenters. The van der Waals surface area contributed by atoms with Gasteiger partial charge < -0.3 is 0 Å². The van der Waals surface area contributed by atoms with Crippen LogP contribution in [0.25, 0.3) is 5.57 Å². The van der Waals surface area contributed by atoms with E-state index in [4.69, 9.17) is 0 Å². The van der Waals surface area contributed by atoms with Crippen LogP contribution < -0.4 is 4.90 Å². The van der Waals surface area contributed by atoms with Crippen LogP contribution in [0.15, 0.2) is 60.7 Å². The van der Waals surface area contributed by atoms with Crippen LogP contribution in [0.5, 0.6) is 0 Å². The Morgan fingerprint density at radius 2 is 1.71 bits per heavy atom. The van der Waals surface area contributed by atoms with E-state index >= 15 is 0 Å². The largest absolute Gasteiger partial charge is 0.269 e. The van der Waals surface area contributed by atoms with Crippen LogP contribution in [0, 0.1) is 0 Å². The van der Waals surface area contributed by atoms with Crippen molar-refractivity contribution in [2.24, 2.45) is 0 Å². The van der Waals surface area contributed by atoms with Gasteiger partial charge in [-0.3, -0.25) is 9.59 Å². The SMILES string of the molecule is O=C1C=C(c2ccccc2)C(=O)N1c1cccc(CF)c1. The number of anilines is 1. The summed E-state index contributed by atoms with van der Waals surface area (Å²) in [5.74, 6) is -0.794. The molecule has 3 nitrogen and oxygen atoms in total. The fraction of sp³-hybridized carbons (Fsp3) is 0.0588. The van der Waals surface area contributed by atoms with E-state index in [1.54, 1.807) is 42.5 Å². The summed E-state index contributed by atoms with van der Waals surface area (Å²) in [4.78, 5) is 25.6. The van der Waals surface area contributed by atoms with Crippen LogP contribution >= 0.6 is 0 Å². The van der Waals surface area contributed by atoms with Gasteiger partial charge in [0.05, 0.1) is 11.3 Å². The van der Waals surface area contributed by atoms with Crippen LogP contribution in [-0.4, -0.2) is 11.8 Å². The van der Waals surface area contributed by atoms with E-state index < -0.39 is 12.6 Å². The summed E-state index contributed by atoms with van der Waals surface area (Å²) in [5.41, 5.74) is 1.87. The third-order valence-corrected chi connectivity index (χ3v) is 3.33. The van der Waals surface area contributed by atoms with Crippen molar-refractivity contribution in [3.8, 4) is 0 Å². The molecule has 1 heterocycles. The first-order valence-corrected chi connectivity index (χ1v) is 6.51. The van der Waals surface area contributed by atoms with Gasteiger partial charge in [-0.15, -0.1) is 0 Å². The number of hydrogen-bond donors (Lipinski definition) is 0. The van der Waals surface area contributed by atoms with E-state index in [9.17, 15) is 14.0 Å². The Balaban J connectivity index is 1.97.